The Morgan fingerprint density at radius 2 is 2.38 bits per heavy atom. The normalized spacial score (nSPS) is 24.2. The van der Waals surface area contributed by atoms with Crippen LogP contribution < -0.4 is 11.5 Å². The lowest BCUT2D eigenvalue weighted by molar-refractivity contribution is 0.447. The average molecular weight is 180 g/mol. The highest BCUT2D eigenvalue weighted by molar-refractivity contribution is 5.18. The molecule has 0 fully saturated rings. The van der Waals surface area contributed by atoms with Gasteiger partial charge in [-0.05, 0) is 37.8 Å². The molecular formula is C11H20N2. The van der Waals surface area contributed by atoms with E-state index in [1.165, 1.54) is 12.8 Å². The molecule has 1 rings (SSSR count). The maximum atomic E-state index is 5.89. The summed E-state index contributed by atoms with van der Waals surface area (Å²) in [4.78, 5) is 0. The van der Waals surface area contributed by atoms with Crippen molar-refractivity contribution in [1.82, 2.24) is 0 Å². The number of allylic oxidation sites excluding steroid dienone is 4. The Balaban J connectivity index is 2.29. The second-order valence-corrected chi connectivity index (χ2v) is 3.95. The van der Waals surface area contributed by atoms with Crippen molar-refractivity contribution in [3.8, 4) is 0 Å². The maximum absolute atomic E-state index is 5.89. The first-order valence-corrected chi connectivity index (χ1v) is 5.06. The zero-order valence-corrected chi connectivity index (χ0v) is 8.37. The molecule has 0 spiro atoms. The van der Waals surface area contributed by atoms with Gasteiger partial charge in [-0.15, -0.1) is 0 Å². The maximum Gasteiger partial charge on any atom is 0.0115 e. The molecule has 74 valence electrons. The van der Waals surface area contributed by atoms with E-state index in [-0.39, 0.29) is 0 Å². The first-order valence-electron chi connectivity index (χ1n) is 5.06. The quantitative estimate of drug-likeness (QED) is 0.693. The fourth-order valence-corrected chi connectivity index (χ4v) is 1.58. The van der Waals surface area contributed by atoms with E-state index in [0.29, 0.717) is 11.8 Å². The summed E-state index contributed by atoms with van der Waals surface area (Å²) in [5, 5.41) is 0. The Labute approximate surface area is 80.7 Å². The van der Waals surface area contributed by atoms with Crippen molar-refractivity contribution in [1.29, 1.82) is 0 Å². The van der Waals surface area contributed by atoms with Gasteiger partial charge in [-0.3, -0.25) is 0 Å². The monoisotopic (exact) mass is 180 g/mol. The Hall–Kier alpha value is -0.760. The molecule has 0 aromatic rings. The van der Waals surface area contributed by atoms with Crippen molar-refractivity contribution in [3.05, 3.63) is 23.9 Å². The summed E-state index contributed by atoms with van der Waals surface area (Å²) >= 11 is 0. The van der Waals surface area contributed by atoms with Crippen LogP contribution in [0.25, 0.3) is 0 Å². The molecule has 4 N–H and O–H groups in total. The van der Waals surface area contributed by atoms with Gasteiger partial charge in [-0.25, -0.2) is 0 Å². The zero-order chi connectivity index (χ0) is 9.68. The average Bonchev–Trinajstić information content (AvgIpc) is 2.16. The zero-order valence-electron chi connectivity index (χ0n) is 8.37. The van der Waals surface area contributed by atoms with Gasteiger partial charge in [0.1, 0.15) is 0 Å². The molecule has 1 aliphatic carbocycles. The summed E-state index contributed by atoms with van der Waals surface area (Å²) in [6.07, 6.45) is 9.70. The third kappa shape index (κ3) is 3.23. The highest BCUT2D eigenvalue weighted by atomic mass is 14.6. The molecule has 0 saturated carbocycles. The van der Waals surface area contributed by atoms with Crippen molar-refractivity contribution in [2.75, 3.05) is 6.54 Å². The lowest BCUT2D eigenvalue weighted by Crippen LogP contribution is -2.17. The van der Waals surface area contributed by atoms with Crippen LogP contribution in [0.1, 0.15) is 26.2 Å². The van der Waals surface area contributed by atoms with E-state index in [0.717, 1.165) is 18.7 Å². The van der Waals surface area contributed by atoms with Gasteiger partial charge in [0, 0.05) is 11.6 Å². The van der Waals surface area contributed by atoms with Crippen molar-refractivity contribution >= 4 is 0 Å². The molecule has 0 aromatic heterocycles. The molecule has 2 atom stereocenters. The molecule has 0 heterocycles. The Bertz CT molecular complexity index is 206. The van der Waals surface area contributed by atoms with Crippen molar-refractivity contribution in [3.63, 3.8) is 0 Å². The first-order chi connectivity index (χ1) is 6.24. The molecule has 0 amide bonds. The van der Waals surface area contributed by atoms with E-state index in [1.807, 2.05) is 12.2 Å². The molecule has 13 heavy (non-hydrogen) atoms. The van der Waals surface area contributed by atoms with E-state index in [2.05, 4.69) is 13.0 Å². The van der Waals surface area contributed by atoms with E-state index in [1.54, 1.807) is 0 Å². The fraction of sp³-hybridized carbons (Fsp3) is 0.636. The van der Waals surface area contributed by atoms with Crippen LogP contribution in [-0.4, -0.2) is 6.54 Å². The number of hydrogen-bond donors (Lipinski definition) is 2. The Morgan fingerprint density at radius 3 is 3.00 bits per heavy atom. The summed E-state index contributed by atoms with van der Waals surface area (Å²) < 4.78 is 0. The summed E-state index contributed by atoms with van der Waals surface area (Å²) in [6.45, 7) is 2.98. The van der Waals surface area contributed by atoms with Crippen molar-refractivity contribution in [2.45, 2.75) is 26.2 Å². The molecule has 0 saturated heterocycles. The molecule has 0 aliphatic heterocycles. The third-order valence-corrected chi connectivity index (χ3v) is 2.73. The second kappa shape index (κ2) is 5.07. The van der Waals surface area contributed by atoms with Crippen LogP contribution in [0.2, 0.25) is 0 Å². The minimum absolute atomic E-state index is 0.555. The summed E-state index contributed by atoms with van der Waals surface area (Å²) in [7, 11) is 0. The first kappa shape index (κ1) is 10.3. The van der Waals surface area contributed by atoms with Gasteiger partial charge in [0.2, 0.25) is 0 Å². The third-order valence-electron chi connectivity index (χ3n) is 2.73. The molecule has 1 aliphatic rings. The summed E-state index contributed by atoms with van der Waals surface area (Å²) in [6, 6.07) is 0. The van der Waals surface area contributed by atoms with Crippen LogP contribution >= 0.6 is 0 Å². The van der Waals surface area contributed by atoms with Gasteiger partial charge in [-0.2, -0.15) is 0 Å². The standard InChI is InChI=1S/C11H20N2/c1-9(8-12)6-7-10-4-2-3-5-11(10)13/h2-3,5,9-10H,4,6-8,12-13H2,1H3. The molecular weight excluding hydrogens is 160 g/mol. The van der Waals surface area contributed by atoms with Crippen LogP contribution in [-0.2, 0) is 0 Å². The second-order valence-electron chi connectivity index (χ2n) is 3.95. The van der Waals surface area contributed by atoms with E-state index in [9.17, 15) is 0 Å². The Morgan fingerprint density at radius 1 is 1.62 bits per heavy atom. The highest BCUT2D eigenvalue weighted by Crippen LogP contribution is 2.23. The van der Waals surface area contributed by atoms with Gasteiger partial charge >= 0.3 is 0 Å². The Kier molecular flexibility index (Phi) is 4.03. The molecule has 0 bridgehead atoms. The predicted molar refractivity (Wildman–Crippen MR) is 57.0 cm³/mol. The summed E-state index contributed by atoms with van der Waals surface area (Å²) in [5.41, 5.74) is 12.5. The van der Waals surface area contributed by atoms with Gasteiger partial charge in [0.25, 0.3) is 0 Å². The van der Waals surface area contributed by atoms with E-state index >= 15 is 0 Å². The lowest BCUT2D eigenvalue weighted by atomic mass is 9.89. The SMILES string of the molecule is CC(CN)CCC1CC=CC=C1N. The molecule has 2 heteroatoms. The van der Waals surface area contributed by atoms with Crippen LogP contribution in [0, 0.1) is 11.8 Å². The molecule has 0 radical (unpaired) electrons. The van der Waals surface area contributed by atoms with Gasteiger partial charge < -0.3 is 11.5 Å². The number of hydrogen-bond acceptors (Lipinski definition) is 2. The van der Waals surface area contributed by atoms with Crippen molar-refractivity contribution < 1.29 is 0 Å². The van der Waals surface area contributed by atoms with Gasteiger partial charge in [0.15, 0.2) is 0 Å². The molecule has 2 unspecified atom stereocenters. The van der Waals surface area contributed by atoms with Crippen LogP contribution in [0.3, 0.4) is 0 Å². The topological polar surface area (TPSA) is 52.0 Å². The smallest absolute Gasteiger partial charge is 0.0115 e. The highest BCUT2D eigenvalue weighted by Gasteiger charge is 2.13. The molecule has 2 nitrogen and oxygen atoms in total. The fourth-order valence-electron chi connectivity index (χ4n) is 1.58. The van der Waals surface area contributed by atoms with Crippen LogP contribution in [0.4, 0.5) is 0 Å². The van der Waals surface area contributed by atoms with Gasteiger partial charge in [0.05, 0.1) is 0 Å². The predicted octanol–water partition coefficient (Wildman–Crippen LogP) is 1.78. The molecule has 0 aromatic carbocycles. The minimum atomic E-state index is 0.555. The number of nitrogens with two attached hydrogens (primary N) is 2. The van der Waals surface area contributed by atoms with Crippen LogP contribution in [0.5, 0.6) is 0 Å². The van der Waals surface area contributed by atoms with Crippen LogP contribution in [0.15, 0.2) is 23.9 Å². The van der Waals surface area contributed by atoms with Crippen molar-refractivity contribution in [2.24, 2.45) is 23.3 Å². The van der Waals surface area contributed by atoms with E-state index < -0.39 is 0 Å². The van der Waals surface area contributed by atoms with Gasteiger partial charge in [-0.1, -0.05) is 19.1 Å². The lowest BCUT2D eigenvalue weighted by Gasteiger charge is -2.19. The summed E-state index contributed by atoms with van der Waals surface area (Å²) in [5.74, 6) is 1.18. The van der Waals surface area contributed by atoms with E-state index in [4.69, 9.17) is 11.5 Å². The number of rotatable bonds is 4. The largest absolute Gasteiger partial charge is 0.402 e. The minimum Gasteiger partial charge on any atom is -0.402 e.